The highest BCUT2D eigenvalue weighted by atomic mass is 16.6. The van der Waals surface area contributed by atoms with Crippen molar-refractivity contribution in [3.05, 3.63) is 144 Å². The number of amides is 6. The molecule has 8 atom stereocenters. The van der Waals surface area contributed by atoms with Crippen molar-refractivity contribution in [2.24, 2.45) is 23.3 Å². The zero-order valence-corrected chi connectivity index (χ0v) is 43.4. The molecule has 8 N–H and O–H groups in total. The third kappa shape index (κ3) is 17.4. The van der Waals surface area contributed by atoms with Crippen LogP contribution in [0.25, 0.3) is 0 Å². The van der Waals surface area contributed by atoms with Gasteiger partial charge in [0, 0.05) is 0 Å². The molecule has 72 heavy (non-hydrogen) atoms. The summed E-state index contributed by atoms with van der Waals surface area (Å²) < 4.78 is 11.4. The SMILES string of the molecule is CC(C)[C@@H](C(=O)N[C@H](Cc1ccccc1)[C@H](O)[C@H](O)[C@@H](Cc1ccccc1)NC(=O)[C@H](C(C)C)N(C(=O)OC(C)(C)C)C(=O)[C@@H](N)Cc1ccccc1)N(C(=O)OC(C)(C)C)C(=O)[C@@H](N)Cc1ccccc1. The quantitative estimate of drug-likeness (QED) is 0.0574. The van der Waals surface area contributed by atoms with Crippen molar-refractivity contribution >= 4 is 35.8 Å². The highest BCUT2D eigenvalue weighted by Crippen LogP contribution is 2.24. The Morgan fingerprint density at radius 1 is 0.472 bits per heavy atom. The van der Waals surface area contributed by atoms with E-state index in [0.717, 1.165) is 20.9 Å². The maximum Gasteiger partial charge on any atom is 0.417 e. The number of carbonyl (C=O) groups excluding carboxylic acids is 6. The Bertz CT molecular complexity index is 2210. The third-order valence-electron chi connectivity index (χ3n) is 11.7. The van der Waals surface area contributed by atoms with Crippen LogP contribution in [0.5, 0.6) is 0 Å². The van der Waals surface area contributed by atoms with E-state index in [1.807, 2.05) is 12.1 Å². The number of aliphatic hydroxyl groups excluding tert-OH is 2. The van der Waals surface area contributed by atoms with Crippen LogP contribution in [0, 0.1) is 11.8 Å². The second-order valence-corrected chi connectivity index (χ2v) is 20.9. The Labute approximate surface area is 424 Å². The van der Waals surface area contributed by atoms with Crippen LogP contribution in [0.1, 0.15) is 91.5 Å². The van der Waals surface area contributed by atoms with Gasteiger partial charge in [-0.1, -0.05) is 149 Å². The molecule has 0 fully saturated rings. The van der Waals surface area contributed by atoms with Crippen LogP contribution in [0.4, 0.5) is 9.59 Å². The van der Waals surface area contributed by atoms with Crippen LogP contribution in [0.3, 0.4) is 0 Å². The summed E-state index contributed by atoms with van der Waals surface area (Å²) in [5, 5.41) is 30.6. The zero-order chi connectivity index (χ0) is 53.5. The first kappa shape index (κ1) is 58.1. The van der Waals surface area contributed by atoms with Crippen molar-refractivity contribution in [3.63, 3.8) is 0 Å². The van der Waals surface area contributed by atoms with Crippen LogP contribution in [-0.2, 0) is 54.3 Å². The van der Waals surface area contributed by atoms with Gasteiger partial charge in [0.05, 0.1) is 24.2 Å². The molecule has 0 saturated carbocycles. The summed E-state index contributed by atoms with van der Waals surface area (Å²) in [4.78, 5) is 88.1. The van der Waals surface area contributed by atoms with Gasteiger partial charge in [0.25, 0.3) is 0 Å². The van der Waals surface area contributed by atoms with Gasteiger partial charge < -0.3 is 41.8 Å². The Balaban J connectivity index is 1.77. The fourth-order valence-electron chi connectivity index (χ4n) is 8.27. The number of carbonyl (C=O) groups is 6. The molecule has 0 aliphatic carbocycles. The standard InChI is InChI=1S/C56H76N6O10/c1-35(2)45(61(53(69)71-55(5,6)7)51(67)41(57)31-37-23-15-11-16-24-37)49(65)59-43(33-39-27-19-13-20-28-39)47(63)48(64)44(34-40-29-21-14-22-30-40)60-50(66)46(36(3)4)62(54(70)72-56(8,9)10)52(68)42(58)32-38-25-17-12-18-26-38/h11-30,35-36,41-48,63-64H,31-34,57-58H2,1-10H3,(H,59,65)(H,60,66)/t41-,42-,43+,44+,45-,46-,47-,48+/m0/s1. The average Bonchev–Trinajstić information content (AvgIpc) is 3.30. The first-order valence-electron chi connectivity index (χ1n) is 24.5. The molecule has 0 bridgehead atoms. The average molecular weight is 993 g/mol. The molecule has 0 aliphatic rings. The molecular formula is C56H76N6O10. The van der Waals surface area contributed by atoms with Gasteiger partial charge in [-0.05, 0) is 101 Å². The summed E-state index contributed by atoms with van der Waals surface area (Å²) in [6.45, 7) is 16.3. The number of ether oxygens (including phenoxy) is 2. The minimum atomic E-state index is -1.85. The minimum Gasteiger partial charge on any atom is -0.443 e. The number of hydrogen-bond acceptors (Lipinski definition) is 12. The predicted molar refractivity (Wildman–Crippen MR) is 276 cm³/mol. The molecule has 0 aromatic heterocycles. The molecule has 4 rings (SSSR count). The number of nitrogens with zero attached hydrogens (tertiary/aromatic N) is 2. The third-order valence-corrected chi connectivity index (χ3v) is 11.7. The molecule has 4 aromatic carbocycles. The molecule has 16 heteroatoms. The molecule has 0 saturated heterocycles. The van der Waals surface area contributed by atoms with E-state index in [1.165, 1.54) is 0 Å². The molecule has 0 aliphatic heterocycles. The van der Waals surface area contributed by atoms with Gasteiger partial charge in [-0.25, -0.2) is 19.4 Å². The Morgan fingerprint density at radius 3 is 0.958 bits per heavy atom. The van der Waals surface area contributed by atoms with E-state index in [9.17, 15) is 39.0 Å². The number of imide groups is 2. The number of aliphatic hydroxyl groups is 2. The molecule has 4 aromatic rings. The molecule has 0 unspecified atom stereocenters. The minimum absolute atomic E-state index is 0.0450. The van der Waals surface area contributed by atoms with E-state index in [0.29, 0.717) is 11.1 Å². The summed E-state index contributed by atoms with van der Waals surface area (Å²) >= 11 is 0. The summed E-state index contributed by atoms with van der Waals surface area (Å²) in [6.07, 6.45) is -5.93. The number of nitrogens with two attached hydrogens (primary N) is 2. The number of rotatable bonds is 21. The molecule has 0 radical (unpaired) electrons. The summed E-state index contributed by atoms with van der Waals surface area (Å²) in [7, 11) is 0. The predicted octanol–water partition coefficient (Wildman–Crippen LogP) is 5.88. The second kappa shape index (κ2) is 26.3. The number of benzene rings is 4. The Morgan fingerprint density at radius 2 is 0.722 bits per heavy atom. The van der Waals surface area contributed by atoms with Crippen LogP contribution in [-0.4, -0.2) is 115 Å². The molecule has 0 spiro atoms. The van der Waals surface area contributed by atoms with E-state index in [1.54, 1.807) is 178 Å². The van der Waals surface area contributed by atoms with Gasteiger partial charge in [0.1, 0.15) is 35.5 Å². The van der Waals surface area contributed by atoms with Crippen LogP contribution in [0.15, 0.2) is 121 Å². The Hall–Kier alpha value is -6.46. The summed E-state index contributed by atoms with van der Waals surface area (Å²) in [6, 6.07) is 27.4. The van der Waals surface area contributed by atoms with E-state index in [-0.39, 0.29) is 25.7 Å². The normalized spacial score (nSPS) is 15.2. The maximum atomic E-state index is 14.9. The molecular weight excluding hydrogens is 917 g/mol. The van der Waals surface area contributed by atoms with Gasteiger partial charge in [0.15, 0.2) is 0 Å². The summed E-state index contributed by atoms with van der Waals surface area (Å²) in [5.74, 6) is -4.89. The van der Waals surface area contributed by atoms with Crippen molar-refractivity contribution in [2.45, 2.75) is 155 Å². The fraction of sp³-hybridized carbons (Fsp3) is 0.464. The molecule has 390 valence electrons. The van der Waals surface area contributed by atoms with Gasteiger partial charge in [0.2, 0.25) is 23.6 Å². The summed E-state index contributed by atoms with van der Waals surface area (Å²) in [5.41, 5.74) is 13.6. The van der Waals surface area contributed by atoms with Crippen molar-refractivity contribution in [1.29, 1.82) is 0 Å². The lowest BCUT2D eigenvalue weighted by atomic mass is 9.90. The van der Waals surface area contributed by atoms with Crippen molar-refractivity contribution < 1.29 is 48.5 Å². The Kier molecular flexibility index (Phi) is 21.2. The largest absolute Gasteiger partial charge is 0.443 e. The highest BCUT2D eigenvalue weighted by Gasteiger charge is 2.45. The highest BCUT2D eigenvalue weighted by molar-refractivity contribution is 6.01. The van der Waals surface area contributed by atoms with E-state index < -0.39 is 107 Å². The van der Waals surface area contributed by atoms with E-state index in [2.05, 4.69) is 10.6 Å². The van der Waals surface area contributed by atoms with E-state index in [4.69, 9.17) is 20.9 Å². The molecule has 16 nitrogen and oxygen atoms in total. The second-order valence-electron chi connectivity index (χ2n) is 20.9. The van der Waals surface area contributed by atoms with Crippen molar-refractivity contribution in [3.8, 4) is 0 Å². The van der Waals surface area contributed by atoms with Crippen LogP contribution >= 0.6 is 0 Å². The number of nitrogens with one attached hydrogen (secondary N) is 2. The van der Waals surface area contributed by atoms with Gasteiger partial charge in [-0.15, -0.1) is 0 Å². The van der Waals surface area contributed by atoms with Crippen molar-refractivity contribution in [1.82, 2.24) is 20.4 Å². The lowest BCUT2D eigenvalue weighted by Gasteiger charge is -2.38. The topological polar surface area (TPSA) is 244 Å². The first-order valence-corrected chi connectivity index (χ1v) is 24.5. The van der Waals surface area contributed by atoms with Crippen LogP contribution in [0.2, 0.25) is 0 Å². The van der Waals surface area contributed by atoms with Gasteiger partial charge in [-0.2, -0.15) is 0 Å². The lowest BCUT2D eigenvalue weighted by Crippen LogP contribution is -2.64. The van der Waals surface area contributed by atoms with Crippen LogP contribution < -0.4 is 22.1 Å². The zero-order valence-electron chi connectivity index (χ0n) is 43.4. The van der Waals surface area contributed by atoms with Gasteiger partial charge in [-0.3, -0.25) is 19.2 Å². The number of hydrogen-bond donors (Lipinski definition) is 6. The van der Waals surface area contributed by atoms with E-state index >= 15 is 0 Å². The smallest absolute Gasteiger partial charge is 0.417 e. The van der Waals surface area contributed by atoms with Crippen molar-refractivity contribution in [2.75, 3.05) is 0 Å². The maximum absolute atomic E-state index is 14.9. The van der Waals surface area contributed by atoms with Gasteiger partial charge >= 0.3 is 12.2 Å². The lowest BCUT2D eigenvalue weighted by molar-refractivity contribution is -0.144. The molecule has 0 heterocycles. The monoisotopic (exact) mass is 993 g/mol. The fourth-order valence-corrected chi connectivity index (χ4v) is 8.27. The molecule has 6 amide bonds. The first-order chi connectivity index (χ1) is 33.8.